The standard InChI is InChI=1S/C12H13FN2O3/c1-14-9-5-7(13)3-4-8(9)15(2)12(18)10(14)6-11(16)17/h3-5,10H,6H2,1-2H3,(H,16,17). The van der Waals surface area contributed by atoms with Crippen molar-refractivity contribution < 1.29 is 19.1 Å². The first kappa shape index (κ1) is 12.3. The molecule has 5 nitrogen and oxygen atoms in total. The maximum atomic E-state index is 13.2. The molecule has 1 aromatic rings. The third-order valence-electron chi connectivity index (χ3n) is 3.13. The van der Waals surface area contributed by atoms with Crippen LogP contribution in [-0.4, -0.2) is 37.1 Å². The number of likely N-dealkylation sites (N-methyl/N-ethyl adjacent to an activating group) is 2. The molecule has 6 heteroatoms. The average Bonchev–Trinajstić information content (AvgIpc) is 2.31. The first-order valence-corrected chi connectivity index (χ1v) is 5.43. The molecule has 0 saturated heterocycles. The highest BCUT2D eigenvalue weighted by molar-refractivity contribution is 6.06. The molecular formula is C12H13FN2O3. The highest BCUT2D eigenvalue weighted by Crippen LogP contribution is 2.35. The number of carbonyl (C=O) groups is 2. The molecule has 0 spiro atoms. The Labute approximate surface area is 103 Å². The fraction of sp³-hybridized carbons (Fsp3) is 0.333. The van der Waals surface area contributed by atoms with E-state index in [0.29, 0.717) is 11.4 Å². The molecule has 0 aliphatic carbocycles. The smallest absolute Gasteiger partial charge is 0.305 e. The van der Waals surface area contributed by atoms with Crippen molar-refractivity contribution in [3.63, 3.8) is 0 Å². The fourth-order valence-corrected chi connectivity index (χ4v) is 2.13. The quantitative estimate of drug-likeness (QED) is 0.855. The molecule has 1 unspecified atom stereocenters. The number of nitrogens with zero attached hydrogens (tertiary/aromatic N) is 2. The average molecular weight is 252 g/mol. The van der Waals surface area contributed by atoms with E-state index >= 15 is 0 Å². The van der Waals surface area contributed by atoms with Gasteiger partial charge in [-0.25, -0.2) is 4.39 Å². The first-order chi connectivity index (χ1) is 8.41. The van der Waals surface area contributed by atoms with E-state index in [1.165, 1.54) is 28.0 Å². The van der Waals surface area contributed by atoms with Crippen LogP contribution in [0.15, 0.2) is 18.2 Å². The second kappa shape index (κ2) is 4.29. The maximum absolute atomic E-state index is 13.2. The predicted molar refractivity (Wildman–Crippen MR) is 64.3 cm³/mol. The SMILES string of the molecule is CN1C(=O)C(CC(=O)O)N(C)c2cc(F)ccc21. The number of rotatable bonds is 2. The summed E-state index contributed by atoms with van der Waals surface area (Å²) in [6.45, 7) is 0. The summed E-state index contributed by atoms with van der Waals surface area (Å²) in [5.41, 5.74) is 1.09. The Bertz CT molecular complexity index is 518. The molecule has 96 valence electrons. The number of hydrogen-bond donors (Lipinski definition) is 1. The van der Waals surface area contributed by atoms with E-state index in [4.69, 9.17) is 5.11 Å². The van der Waals surface area contributed by atoms with Gasteiger partial charge in [0.2, 0.25) is 5.91 Å². The summed E-state index contributed by atoms with van der Waals surface area (Å²) in [6, 6.07) is 3.28. The van der Waals surface area contributed by atoms with E-state index in [1.54, 1.807) is 14.1 Å². The van der Waals surface area contributed by atoms with Gasteiger partial charge in [0, 0.05) is 14.1 Å². The van der Waals surface area contributed by atoms with Crippen LogP contribution in [0.5, 0.6) is 0 Å². The van der Waals surface area contributed by atoms with Crippen molar-refractivity contribution in [1.82, 2.24) is 0 Å². The van der Waals surface area contributed by atoms with Crippen molar-refractivity contribution >= 4 is 23.3 Å². The summed E-state index contributed by atoms with van der Waals surface area (Å²) < 4.78 is 13.2. The third-order valence-corrected chi connectivity index (χ3v) is 3.13. The van der Waals surface area contributed by atoms with Gasteiger partial charge in [-0.05, 0) is 18.2 Å². The number of amides is 1. The molecule has 0 aromatic heterocycles. The van der Waals surface area contributed by atoms with Crippen LogP contribution >= 0.6 is 0 Å². The maximum Gasteiger partial charge on any atom is 0.305 e. The molecule has 0 fully saturated rings. The number of carboxylic acids is 1. The van der Waals surface area contributed by atoms with E-state index in [-0.39, 0.29) is 12.3 Å². The zero-order valence-electron chi connectivity index (χ0n) is 10.1. The van der Waals surface area contributed by atoms with E-state index in [9.17, 15) is 14.0 Å². The third kappa shape index (κ3) is 1.90. The number of benzene rings is 1. The molecular weight excluding hydrogens is 239 g/mol. The van der Waals surface area contributed by atoms with Crippen LogP contribution in [0.3, 0.4) is 0 Å². The number of carbonyl (C=O) groups excluding carboxylic acids is 1. The minimum Gasteiger partial charge on any atom is -0.481 e. The minimum atomic E-state index is -1.06. The molecule has 1 heterocycles. The van der Waals surface area contributed by atoms with Gasteiger partial charge < -0.3 is 14.9 Å². The monoisotopic (exact) mass is 252 g/mol. The number of fused-ring (bicyclic) bond motifs is 1. The molecule has 1 aliphatic heterocycles. The van der Waals surface area contributed by atoms with Gasteiger partial charge in [-0.15, -0.1) is 0 Å². The molecule has 1 amide bonds. The van der Waals surface area contributed by atoms with Crippen LogP contribution in [0, 0.1) is 5.82 Å². The van der Waals surface area contributed by atoms with Crippen molar-refractivity contribution in [3.8, 4) is 0 Å². The Morgan fingerprint density at radius 2 is 2.06 bits per heavy atom. The topological polar surface area (TPSA) is 60.9 Å². The molecule has 1 aromatic carbocycles. The molecule has 2 rings (SSSR count). The Morgan fingerprint density at radius 3 is 2.67 bits per heavy atom. The van der Waals surface area contributed by atoms with Crippen LogP contribution in [0.4, 0.5) is 15.8 Å². The summed E-state index contributed by atoms with van der Waals surface area (Å²) in [7, 11) is 3.15. The zero-order valence-corrected chi connectivity index (χ0v) is 10.1. The number of hydrogen-bond acceptors (Lipinski definition) is 3. The number of carboxylic acid groups (broad SMARTS) is 1. The number of aliphatic carboxylic acids is 1. The largest absolute Gasteiger partial charge is 0.481 e. The van der Waals surface area contributed by atoms with Gasteiger partial charge in [0.15, 0.2) is 0 Å². The van der Waals surface area contributed by atoms with Crippen LogP contribution in [0.2, 0.25) is 0 Å². The van der Waals surface area contributed by atoms with Gasteiger partial charge >= 0.3 is 5.97 Å². The number of halogens is 1. The molecule has 1 aliphatic rings. The molecule has 1 N–H and O–H groups in total. The molecule has 0 radical (unpaired) electrons. The Hall–Kier alpha value is -2.11. The van der Waals surface area contributed by atoms with Gasteiger partial charge in [-0.2, -0.15) is 0 Å². The lowest BCUT2D eigenvalue weighted by molar-refractivity contribution is -0.139. The van der Waals surface area contributed by atoms with Crippen molar-refractivity contribution in [2.45, 2.75) is 12.5 Å². The summed E-state index contributed by atoms with van der Waals surface area (Å²) in [5.74, 6) is -1.79. The number of anilines is 2. The highest BCUT2D eigenvalue weighted by atomic mass is 19.1. The van der Waals surface area contributed by atoms with Crippen LogP contribution in [-0.2, 0) is 9.59 Å². The molecule has 18 heavy (non-hydrogen) atoms. The Morgan fingerprint density at radius 1 is 1.39 bits per heavy atom. The van der Waals surface area contributed by atoms with E-state index < -0.39 is 17.8 Å². The summed E-state index contributed by atoms with van der Waals surface area (Å²) in [5, 5.41) is 8.82. The van der Waals surface area contributed by atoms with Gasteiger partial charge in [0.05, 0.1) is 17.8 Å². The van der Waals surface area contributed by atoms with Gasteiger partial charge in [-0.1, -0.05) is 0 Å². The van der Waals surface area contributed by atoms with Crippen LogP contribution in [0.25, 0.3) is 0 Å². The highest BCUT2D eigenvalue weighted by Gasteiger charge is 2.35. The summed E-state index contributed by atoms with van der Waals surface area (Å²) >= 11 is 0. The second-order valence-electron chi connectivity index (χ2n) is 4.25. The fourth-order valence-electron chi connectivity index (χ4n) is 2.13. The van der Waals surface area contributed by atoms with Crippen molar-refractivity contribution in [2.75, 3.05) is 23.9 Å². The molecule has 0 saturated carbocycles. The first-order valence-electron chi connectivity index (χ1n) is 5.43. The zero-order chi connectivity index (χ0) is 13.4. The van der Waals surface area contributed by atoms with Crippen LogP contribution < -0.4 is 9.80 Å². The Balaban J connectivity index is 2.47. The van der Waals surface area contributed by atoms with E-state index in [0.717, 1.165) is 0 Å². The lowest BCUT2D eigenvalue weighted by atomic mass is 10.0. The summed E-state index contributed by atoms with van der Waals surface area (Å²) in [4.78, 5) is 25.7. The van der Waals surface area contributed by atoms with Crippen molar-refractivity contribution in [1.29, 1.82) is 0 Å². The predicted octanol–water partition coefficient (Wildman–Crippen LogP) is 1.08. The van der Waals surface area contributed by atoms with Gasteiger partial charge in [-0.3, -0.25) is 9.59 Å². The van der Waals surface area contributed by atoms with Crippen molar-refractivity contribution in [2.24, 2.45) is 0 Å². The lowest BCUT2D eigenvalue weighted by Crippen LogP contribution is -2.51. The van der Waals surface area contributed by atoms with Gasteiger partial charge in [0.25, 0.3) is 0 Å². The second-order valence-corrected chi connectivity index (χ2v) is 4.25. The van der Waals surface area contributed by atoms with E-state index in [2.05, 4.69) is 0 Å². The summed E-state index contributed by atoms with van der Waals surface area (Å²) in [6.07, 6.45) is -0.310. The molecule has 0 bridgehead atoms. The van der Waals surface area contributed by atoms with Crippen molar-refractivity contribution in [3.05, 3.63) is 24.0 Å². The van der Waals surface area contributed by atoms with E-state index in [1.807, 2.05) is 0 Å². The van der Waals surface area contributed by atoms with Crippen LogP contribution in [0.1, 0.15) is 6.42 Å². The Kier molecular flexibility index (Phi) is 2.94. The molecule has 1 atom stereocenters. The van der Waals surface area contributed by atoms with Gasteiger partial charge in [0.1, 0.15) is 11.9 Å². The lowest BCUT2D eigenvalue weighted by Gasteiger charge is -2.38. The minimum absolute atomic E-state index is 0.306. The normalized spacial score (nSPS) is 18.8.